The Kier molecular flexibility index (Phi) is 49.2. The summed E-state index contributed by atoms with van der Waals surface area (Å²) in [5.41, 5.74) is 0. The average molecular weight is 995 g/mol. The van der Waals surface area contributed by atoms with Crippen molar-refractivity contribution in [1.29, 1.82) is 0 Å². The number of ether oxygens (including phenoxy) is 2. The highest BCUT2D eigenvalue weighted by atomic mass is 16.7. The zero-order chi connectivity index (χ0) is 50.8. The maximum Gasteiger partial charge on any atom is 0.220 e. The molecule has 0 spiro atoms. The maximum atomic E-state index is 13.1. The van der Waals surface area contributed by atoms with Crippen LogP contribution in [0.4, 0.5) is 0 Å². The summed E-state index contributed by atoms with van der Waals surface area (Å²) in [7, 11) is 0. The summed E-state index contributed by atoms with van der Waals surface area (Å²) in [6, 6.07) is -0.716. The fraction of sp³-hybridized carbons (Fsp3) is 0.951. The van der Waals surface area contributed by atoms with E-state index >= 15 is 0 Å². The molecule has 1 aliphatic heterocycles. The number of aliphatic hydroxyl groups is 5. The Morgan fingerprint density at radius 2 is 0.800 bits per heavy atom. The van der Waals surface area contributed by atoms with Crippen molar-refractivity contribution < 1.29 is 39.8 Å². The van der Waals surface area contributed by atoms with Gasteiger partial charge in [-0.05, 0) is 38.5 Å². The normalized spacial score (nSPS) is 19.3. The molecule has 7 atom stereocenters. The van der Waals surface area contributed by atoms with Crippen molar-refractivity contribution in [2.45, 2.75) is 358 Å². The number of amides is 1. The molecule has 1 rings (SSSR count). The zero-order valence-corrected chi connectivity index (χ0v) is 46.3. The van der Waals surface area contributed by atoms with Gasteiger partial charge in [-0.25, -0.2) is 0 Å². The second-order valence-electron chi connectivity index (χ2n) is 21.9. The lowest BCUT2D eigenvalue weighted by atomic mass is 9.99. The molecule has 0 bridgehead atoms. The van der Waals surface area contributed by atoms with Gasteiger partial charge in [0.2, 0.25) is 5.91 Å². The Morgan fingerprint density at radius 3 is 1.16 bits per heavy atom. The van der Waals surface area contributed by atoms with Gasteiger partial charge >= 0.3 is 0 Å². The van der Waals surface area contributed by atoms with Crippen molar-refractivity contribution in [3.8, 4) is 0 Å². The molecule has 1 fully saturated rings. The number of hydrogen-bond donors (Lipinski definition) is 6. The minimum Gasteiger partial charge on any atom is -0.394 e. The lowest BCUT2D eigenvalue weighted by Crippen LogP contribution is -2.60. The number of carbonyl (C=O) groups is 1. The molecule has 0 aromatic heterocycles. The molecule has 9 heteroatoms. The summed E-state index contributed by atoms with van der Waals surface area (Å²) in [6.45, 7) is 3.88. The van der Waals surface area contributed by atoms with Crippen LogP contribution in [-0.4, -0.2) is 87.5 Å². The van der Waals surface area contributed by atoms with E-state index in [9.17, 15) is 30.3 Å². The SMILES string of the molecule is CCCCCCCCCC/C=C\CCCCCCCCCCCCCCCCCC(=O)NC(COC1OC(CO)C(O)C(O)C1O)C(O)CCCCCCCCCCCCCCCCCCCCCC. The molecule has 1 saturated heterocycles. The number of unbranched alkanes of at least 4 members (excludes halogenated alkanes) is 42. The first-order valence-electron chi connectivity index (χ1n) is 30.9. The van der Waals surface area contributed by atoms with Gasteiger partial charge in [-0.2, -0.15) is 0 Å². The van der Waals surface area contributed by atoms with Gasteiger partial charge in [-0.1, -0.05) is 283 Å². The van der Waals surface area contributed by atoms with Crippen LogP contribution >= 0.6 is 0 Å². The predicted molar refractivity (Wildman–Crippen MR) is 295 cm³/mol. The largest absolute Gasteiger partial charge is 0.394 e. The van der Waals surface area contributed by atoms with Gasteiger partial charge < -0.3 is 40.3 Å². The molecule has 0 aromatic rings. The highest BCUT2D eigenvalue weighted by Crippen LogP contribution is 2.23. The van der Waals surface area contributed by atoms with Crippen LogP contribution in [0, 0.1) is 0 Å². The van der Waals surface area contributed by atoms with Crippen molar-refractivity contribution in [2.75, 3.05) is 13.2 Å². The summed E-state index contributed by atoms with van der Waals surface area (Å²) in [4.78, 5) is 13.1. The number of hydrogen-bond acceptors (Lipinski definition) is 8. The molecule has 0 saturated carbocycles. The van der Waals surface area contributed by atoms with E-state index in [1.165, 1.54) is 250 Å². The average Bonchev–Trinajstić information content (AvgIpc) is 3.36. The van der Waals surface area contributed by atoms with Crippen molar-refractivity contribution in [3.05, 3.63) is 12.2 Å². The van der Waals surface area contributed by atoms with Crippen LogP contribution < -0.4 is 5.32 Å². The monoisotopic (exact) mass is 994 g/mol. The van der Waals surface area contributed by atoms with E-state index in [1.54, 1.807) is 0 Å². The molecule has 70 heavy (non-hydrogen) atoms. The lowest BCUT2D eigenvalue weighted by molar-refractivity contribution is -0.302. The second-order valence-corrected chi connectivity index (χ2v) is 21.9. The van der Waals surface area contributed by atoms with Crippen LogP contribution in [0.25, 0.3) is 0 Å². The number of nitrogens with one attached hydrogen (secondary N) is 1. The lowest BCUT2D eigenvalue weighted by Gasteiger charge is -2.40. The van der Waals surface area contributed by atoms with E-state index in [0.717, 1.165) is 38.5 Å². The number of carbonyl (C=O) groups excluding carboxylic acids is 1. The molecule has 1 amide bonds. The molecule has 0 radical (unpaired) electrons. The summed E-state index contributed by atoms with van der Waals surface area (Å²) in [6.07, 6.45) is 56.8. The highest BCUT2D eigenvalue weighted by molar-refractivity contribution is 5.76. The van der Waals surface area contributed by atoms with Gasteiger partial charge in [-0.15, -0.1) is 0 Å². The van der Waals surface area contributed by atoms with Gasteiger partial charge in [0.1, 0.15) is 24.4 Å². The summed E-state index contributed by atoms with van der Waals surface area (Å²) in [5.74, 6) is -0.137. The third-order valence-corrected chi connectivity index (χ3v) is 15.1. The van der Waals surface area contributed by atoms with Gasteiger partial charge in [0.25, 0.3) is 0 Å². The molecule has 9 nitrogen and oxygen atoms in total. The standard InChI is InChI=1S/C61H119NO8/c1-3-5-7-9-11-13-15-17-19-21-23-25-26-27-28-29-30-31-33-35-37-39-41-43-45-47-49-51-57(65)62-54(53-69-61-60(68)59(67)58(66)56(52-63)70-61)55(64)50-48-46-44-42-40-38-36-34-32-24-22-20-18-16-14-12-10-8-6-4-2/h21,23,54-56,58-61,63-64,66-68H,3-20,22,24-53H2,1-2H3,(H,62,65)/b23-21-. The Balaban J connectivity index is 2.15. The molecule has 6 N–H and O–H groups in total. The predicted octanol–water partition coefficient (Wildman–Crippen LogP) is 15.6. The van der Waals surface area contributed by atoms with Crippen LogP contribution in [0.5, 0.6) is 0 Å². The van der Waals surface area contributed by atoms with Crippen molar-refractivity contribution >= 4 is 5.91 Å². The zero-order valence-electron chi connectivity index (χ0n) is 46.3. The third-order valence-electron chi connectivity index (χ3n) is 15.1. The van der Waals surface area contributed by atoms with Crippen LogP contribution in [0.1, 0.15) is 316 Å². The summed E-state index contributed by atoms with van der Waals surface area (Å²) < 4.78 is 11.3. The Bertz CT molecular complexity index is 1110. The summed E-state index contributed by atoms with van der Waals surface area (Å²) >= 11 is 0. The molecular formula is C61H119NO8. The van der Waals surface area contributed by atoms with Crippen LogP contribution in [0.3, 0.4) is 0 Å². The van der Waals surface area contributed by atoms with E-state index in [1.807, 2.05) is 0 Å². The second kappa shape index (κ2) is 51.4. The number of rotatable bonds is 54. The Hall–Kier alpha value is -1.07. The summed E-state index contributed by atoms with van der Waals surface area (Å²) in [5, 5.41) is 54.8. The molecule has 0 aliphatic carbocycles. The topological polar surface area (TPSA) is 149 Å². The molecule has 7 unspecified atom stereocenters. The molecule has 0 aromatic carbocycles. The first-order chi connectivity index (χ1) is 34.3. The highest BCUT2D eigenvalue weighted by Gasteiger charge is 2.44. The van der Waals surface area contributed by atoms with E-state index in [-0.39, 0.29) is 12.5 Å². The molecule has 1 heterocycles. The van der Waals surface area contributed by atoms with Gasteiger partial charge in [0, 0.05) is 6.42 Å². The molecule has 1 aliphatic rings. The van der Waals surface area contributed by atoms with E-state index in [2.05, 4.69) is 31.3 Å². The minimum atomic E-state index is -1.55. The van der Waals surface area contributed by atoms with Gasteiger partial charge in [0.05, 0.1) is 25.4 Å². The van der Waals surface area contributed by atoms with E-state index in [0.29, 0.717) is 12.8 Å². The van der Waals surface area contributed by atoms with Crippen molar-refractivity contribution in [1.82, 2.24) is 5.32 Å². The van der Waals surface area contributed by atoms with Gasteiger partial charge in [-0.3, -0.25) is 4.79 Å². The van der Waals surface area contributed by atoms with Crippen LogP contribution in [0.15, 0.2) is 12.2 Å². The number of allylic oxidation sites excluding steroid dienone is 2. The fourth-order valence-corrected chi connectivity index (χ4v) is 10.2. The van der Waals surface area contributed by atoms with Crippen LogP contribution in [0.2, 0.25) is 0 Å². The maximum absolute atomic E-state index is 13.1. The van der Waals surface area contributed by atoms with E-state index < -0.39 is 49.5 Å². The molecular weight excluding hydrogens is 875 g/mol. The van der Waals surface area contributed by atoms with Gasteiger partial charge in [0.15, 0.2) is 6.29 Å². The third kappa shape index (κ3) is 40.3. The van der Waals surface area contributed by atoms with Crippen molar-refractivity contribution in [3.63, 3.8) is 0 Å². The Labute approximate surface area is 433 Å². The fourth-order valence-electron chi connectivity index (χ4n) is 10.2. The van der Waals surface area contributed by atoms with Crippen molar-refractivity contribution in [2.24, 2.45) is 0 Å². The quantitative estimate of drug-likeness (QED) is 0.0261. The Morgan fingerprint density at radius 1 is 0.471 bits per heavy atom. The first kappa shape index (κ1) is 66.9. The molecule has 416 valence electrons. The van der Waals surface area contributed by atoms with E-state index in [4.69, 9.17) is 9.47 Å². The smallest absolute Gasteiger partial charge is 0.220 e. The minimum absolute atomic E-state index is 0.133. The van der Waals surface area contributed by atoms with Crippen LogP contribution in [-0.2, 0) is 14.3 Å². The number of aliphatic hydroxyl groups excluding tert-OH is 5. The first-order valence-corrected chi connectivity index (χ1v) is 30.9.